The second-order valence-corrected chi connectivity index (χ2v) is 7.89. The molecule has 0 saturated carbocycles. The molecule has 0 saturated heterocycles. The summed E-state index contributed by atoms with van der Waals surface area (Å²) < 4.78 is 6.41. The Bertz CT molecular complexity index is 1460. The first-order chi connectivity index (χ1) is 15.3. The summed E-state index contributed by atoms with van der Waals surface area (Å²) in [5.74, 6) is 1.79. The molecule has 5 aromatic rings. The molecule has 6 rings (SSSR count). The Balaban J connectivity index is 1.69. The zero-order valence-corrected chi connectivity index (χ0v) is 16.8. The maximum Gasteiger partial charge on any atom is 0.132 e. The molecule has 0 bridgehead atoms. The Hall–Kier alpha value is -4.04. The Morgan fingerprint density at radius 2 is 1.19 bits per heavy atom. The molecule has 0 aromatic heterocycles. The predicted molar refractivity (Wildman–Crippen MR) is 126 cm³/mol. The summed E-state index contributed by atoms with van der Waals surface area (Å²) in [6.45, 7) is 0. The van der Waals surface area contributed by atoms with Crippen molar-refractivity contribution in [1.82, 2.24) is 0 Å². The Labute approximate surface area is 180 Å². The second kappa shape index (κ2) is 7.03. The van der Waals surface area contributed by atoms with Gasteiger partial charge in [-0.25, -0.2) is 0 Å². The minimum Gasteiger partial charge on any atom is -0.508 e. The highest BCUT2D eigenvalue weighted by atomic mass is 16.5. The van der Waals surface area contributed by atoms with Crippen LogP contribution in [0, 0.1) is 0 Å². The number of hydrogen-bond acceptors (Lipinski definition) is 2. The zero-order valence-electron chi connectivity index (χ0n) is 16.8. The third-order valence-electron chi connectivity index (χ3n) is 6.10. The van der Waals surface area contributed by atoms with E-state index in [1.807, 2.05) is 48.5 Å². The van der Waals surface area contributed by atoms with Crippen LogP contribution in [-0.4, -0.2) is 5.11 Å². The van der Waals surface area contributed by atoms with Gasteiger partial charge in [0.1, 0.15) is 17.3 Å². The number of aromatic hydroxyl groups is 1. The summed E-state index contributed by atoms with van der Waals surface area (Å²) in [6.07, 6.45) is 2.14. The molecule has 1 atom stereocenters. The van der Waals surface area contributed by atoms with E-state index in [0.29, 0.717) is 5.75 Å². The summed E-state index contributed by atoms with van der Waals surface area (Å²) in [4.78, 5) is 0. The van der Waals surface area contributed by atoms with Crippen LogP contribution in [0.3, 0.4) is 0 Å². The number of phenolic OH excluding ortho intramolecular Hbond substituents is 1. The van der Waals surface area contributed by atoms with Gasteiger partial charge in [0.2, 0.25) is 0 Å². The van der Waals surface area contributed by atoms with Gasteiger partial charge in [0.25, 0.3) is 0 Å². The number of benzene rings is 5. The van der Waals surface area contributed by atoms with Crippen LogP contribution in [0.4, 0.5) is 0 Å². The summed E-state index contributed by atoms with van der Waals surface area (Å²) in [7, 11) is 0. The van der Waals surface area contributed by atoms with Crippen molar-refractivity contribution in [3.8, 4) is 11.5 Å². The van der Waals surface area contributed by atoms with E-state index >= 15 is 0 Å². The van der Waals surface area contributed by atoms with Gasteiger partial charge in [-0.1, -0.05) is 91.0 Å². The van der Waals surface area contributed by atoms with E-state index in [2.05, 4.69) is 54.6 Å². The van der Waals surface area contributed by atoms with Gasteiger partial charge in [-0.3, -0.25) is 0 Å². The smallest absolute Gasteiger partial charge is 0.132 e. The van der Waals surface area contributed by atoms with E-state index < -0.39 is 0 Å². The third kappa shape index (κ3) is 2.88. The van der Waals surface area contributed by atoms with Gasteiger partial charge in [0.05, 0.1) is 0 Å². The molecule has 31 heavy (non-hydrogen) atoms. The molecule has 2 heteroatoms. The molecular formula is C29H20O2. The zero-order chi connectivity index (χ0) is 20.8. The van der Waals surface area contributed by atoms with Gasteiger partial charge in [-0.2, -0.15) is 0 Å². The Morgan fingerprint density at radius 3 is 1.94 bits per heavy atom. The summed E-state index contributed by atoms with van der Waals surface area (Å²) in [6, 6.07) is 34.6. The minimum absolute atomic E-state index is 0.142. The molecule has 1 aliphatic heterocycles. The molecule has 0 fully saturated rings. The van der Waals surface area contributed by atoms with E-state index in [4.69, 9.17) is 4.74 Å². The molecule has 0 aliphatic carbocycles. The van der Waals surface area contributed by atoms with Crippen molar-refractivity contribution in [2.75, 3.05) is 0 Å². The molecule has 0 radical (unpaired) electrons. The Kier molecular flexibility index (Phi) is 4.03. The maximum atomic E-state index is 11.0. The standard InChI is InChI=1S/C29H20O2/c30-25-16-14-19-8-4-6-12-22(19)28(25)24-18-27(21-10-2-1-3-11-21)31-26-17-15-20-9-5-7-13-23(20)29(24)26/h1-18,24,30H. The third-order valence-corrected chi connectivity index (χ3v) is 6.10. The van der Waals surface area contributed by atoms with Gasteiger partial charge in [0.15, 0.2) is 0 Å². The molecule has 2 nitrogen and oxygen atoms in total. The first-order valence-corrected chi connectivity index (χ1v) is 10.5. The molecular weight excluding hydrogens is 380 g/mol. The van der Waals surface area contributed by atoms with E-state index in [0.717, 1.165) is 49.7 Å². The van der Waals surface area contributed by atoms with Crippen molar-refractivity contribution in [1.29, 1.82) is 0 Å². The average Bonchev–Trinajstić information content (AvgIpc) is 2.84. The number of fused-ring (bicyclic) bond motifs is 4. The van der Waals surface area contributed by atoms with E-state index in [-0.39, 0.29) is 5.92 Å². The monoisotopic (exact) mass is 400 g/mol. The first kappa shape index (κ1) is 17.8. The number of ether oxygens (including phenoxy) is 1. The quantitative estimate of drug-likeness (QED) is 0.338. The number of hydrogen-bond donors (Lipinski definition) is 1. The van der Waals surface area contributed by atoms with Crippen LogP contribution in [0.2, 0.25) is 0 Å². The van der Waals surface area contributed by atoms with E-state index in [1.54, 1.807) is 6.07 Å². The van der Waals surface area contributed by atoms with Crippen LogP contribution in [0.5, 0.6) is 11.5 Å². The number of allylic oxidation sites excluding steroid dienone is 1. The minimum atomic E-state index is -0.142. The fourth-order valence-corrected chi connectivity index (χ4v) is 4.67. The lowest BCUT2D eigenvalue weighted by atomic mass is 9.82. The van der Waals surface area contributed by atoms with Gasteiger partial charge in [-0.05, 0) is 39.8 Å². The summed E-state index contributed by atoms with van der Waals surface area (Å²) in [5.41, 5.74) is 3.02. The molecule has 1 unspecified atom stereocenters. The molecule has 1 heterocycles. The first-order valence-electron chi connectivity index (χ1n) is 10.5. The van der Waals surface area contributed by atoms with Crippen molar-refractivity contribution < 1.29 is 9.84 Å². The van der Waals surface area contributed by atoms with Crippen LogP contribution >= 0.6 is 0 Å². The summed E-state index contributed by atoms with van der Waals surface area (Å²) >= 11 is 0. The van der Waals surface area contributed by atoms with Crippen molar-refractivity contribution in [3.63, 3.8) is 0 Å². The van der Waals surface area contributed by atoms with Crippen molar-refractivity contribution in [3.05, 3.63) is 126 Å². The summed E-state index contributed by atoms with van der Waals surface area (Å²) in [5, 5.41) is 15.5. The SMILES string of the molecule is Oc1ccc2ccccc2c1C1C=C(c2ccccc2)Oc2ccc3ccccc3c21. The fourth-order valence-electron chi connectivity index (χ4n) is 4.67. The average molecular weight is 400 g/mol. The number of phenols is 1. The van der Waals surface area contributed by atoms with Gasteiger partial charge < -0.3 is 9.84 Å². The highest BCUT2D eigenvalue weighted by Crippen LogP contribution is 2.48. The van der Waals surface area contributed by atoms with Crippen LogP contribution in [0.25, 0.3) is 27.3 Å². The van der Waals surface area contributed by atoms with E-state index in [9.17, 15) is 5.11 Å². The van der Waals surface area contributed by atoms with Crippen molar-refractivity contribution in [2.45, 2.75) is 5.92 Å². The highest BCUT2D eigenvalue weighted by Gasteiger charge is 2.29. The van der Waals surface area contributed by atoms with Crippen LogP contribution < -0.4 is 4.74 Å². The predicted octanol–water partition coefficient (Wildman–Crippen LogP) is 7.26. The normalized spacial score (nSPS) is 15.4. The highest BCUT2D eigenvalue weighted by molar-refractivity contribution is 5.94. The van der Waals surface area contributed by atoms with Gasteiger partial charge in [0, 0.05) is 22.6 Å². The van der Waals surface area contributed by atoms with Crippen LogP contribution in [0.1, 0.15) is 22.6 Å². The number of rotatable bonds is 2. The van der Waals surface area contributed by atoms with Gasteiger partial charge >= 0.3 is 0 Å². The molecule has 1 aliphatic rings. The fraction of sp³-hybridized carbons (Fsp3) is 0.0345. The topological polar surface area (TPSA) is 29.5 Å². The molecule has 1 N–H and O–H groups in total. The lowest BCUT2D eigenvalue weighted by Gasteiger charge is -2.28. The Morgan fingerprint density at radius 1 is 0.581 bits per heavy atom. The molecule has 148 valence electrons. The largest absolute Gasteiger partial charge is 0.508 e. The van der Waals surface area contributed by atoms with Crippen LogP contribution in [-0.2, 0) is 0 Å². The van der Waals surface area contributed by atoms with Crippen LogP contribution in [0.15, 0.2) is 109 Å². The lowest BCUT2D eigenvalue weighted by molar-refractivity contribution is 0.464. The molecule has 0 spiro atoms. The maximum absolute atomic E-state index is 11.0. The lowest BCUT2D eigenvalue weighted by Crippen LogP contribution is -2.11. The van der Waals surface area contributed by atoms with Crippen molar-refractivity contribution >= 4 is 27.3 Å². The second-order valence-electron chi connectivity index (χ2n) is 7.89. The van der Waals surface area contributed by atoms with Gasteiger partial charge in [-0.15, -0.1) is 0 Å². The molecule has 0 amide bonds. The van der Waals surface area contributed by atoms with E-state index in [1.165, 1.54) is 0 Å². The van der Waals surface area contributed by atoms with Crippen molar-refractivity contribution in [2.24, 2.45) is 0 Å². The molecule has 5 aromatic carbocycles.